The molecule has 142 valence electrons. The van der Waals surface area contributed by atoms with Crippen LogP contribution in [0.5, 0.6) is 5.75 Å². The third-order valence-electron chi connectivity index (χ3n) is 3.44. The molecular formula is C19H17F3N2O3. The van der Waals surface area contributed by atoms with Crippen LogP contribution in [0, 0.1) is 0 Å². The van der Waals surface area contributed by atoms with Gasteiger partial charge in [0.15, 0.2) is 0 Å². The molecule has 0 saturated heterocycles. The molecule has 0 aliphatic carbocycles. The normalized spacial score (nSPS) is 11.3. The van der Waals surface area contributed by atoms with E-state index in [1.807, 2.05) is 0 Å². The number of halogens is 3. The SMILES string of the molecule is COc1ccc(NC(C)=O)cc1NC(=O)/C=C/c1ccc(C(F)(F)F)cc1. The Morgan fingerprint density at radius 3 is 2.26 bits per heavy atom. The second-order valence-corrected chi connectivity index (χ2v) is 5.54. The van der Waals surface area contributed by atoms with Crippen LogP contribution in [0.4, 0.5) is 24.5 Å². The van der Waals surface area contributed by atoms with E-state index in [1.165, 1.54) is 44.4 Å². The number of hydrogen-bond donors (Lipinski definition) is 2. The molecule has 2 rings (SSSR count). The van der Waals surface area contributed by atoms with Gasteiger partial charge in [-0.1, -0.05) is 12.1 Å². The fraction of sp³-hybridized carbons (Fsp3) is 0.158. The predicted octanol–water partition coefficient (Wildman–Crippen LogP) is 4.32. The van der Waals surface area contributed by atoms with Gasteiger partial charge in [-0.05, 0) is 42.0 Å². The molecule has 0 fully saturated rings. The molecule has 2 aromatic carbocycles. The van der Waals surface area contributed by atoms with Crippen molar-refractivity contribution in [2.24, 2.45) is 0 Å². The zero-order valence-electron chi connectivity index (χ0n) is 14.6. The van der Waals surface area contributed by atoms with Crippen molar-refractivity contribution in [3.63, 3.8) is 0 Å². The van der Waals surface area contributed by atoms with Crippen molar-refractivity contribution < 1.29 is 27.5 Å². The smallest absolute Gasteiger partial charge is 0.416 e. The standard InChI is InChI=1S/C19H17F3N2O3/c1-12(25)23-15-8-9-17(27-2)16(11-15)24-18(26)10-5-13-3-6-14(7-4-13)19(20,21)22/h3-11H,1-2H3,(H,23,25)(H,24,26)/b10-5+. The number of amides is 2. The zero-order chi connectivity index (χ0) is 20.0. The van der Waals surface area contributed by atoms with Crippen LogP contribution < -0.4 is 15.4 Å². The summed E-state index contributed by atoms with van der Waals surface area (Å²) in [4.78, 5) is 23.2. The molecule has 27 heavy (non-hydrogen) atoms. The summed E-state index contributed by atoms with van der Waals surface area (Å²) in [6.45, 7) is 1.36. The molecule has 0 heterocycles. The van der Waals surface area contributed by atoms with E-state index in [1.54, 1.807) is 12.1 Å². The van der Waals surface area contributed by atoms with Gasteiger partial charge in [0.2, 0.25) is 11.8 Å². The minimum atomic E-state index is -4.41. The summed E-state index contributed by atoms with van der Waals surface area (Å²) in [6.07, 6.45) is -1.83. The van der Waals surface area contributed by atoms with Crippen molar-refractivity contribution in [2.75, 3.05) is 17.7 Å². The van der Waals surface area contributed by atoms with Gasteiger partial charge >= 0.3 is 6.18 Å². The fourth-order valence-corrected chi connectivity index (χ4v) is 2.22. The lowest BCUT2D eigenvalue weighted by atomic mass is 10.1. The first-order valence-electron chi connectivity index (χ1n) is 7.81. The van der Waals surface area contributed by atoms with Crippen LogP contribution >= 0.6 is 0 Å². The van der Waals surface area contributed by atoms with Crippen LogP contribution in [0.3, 0.4) is 0 Å². The Balaban J connectivity index is 2.10. The highest BCUT2D eigenvalue weighted by molar-refractivity contribution is 6.03. The van der Waals surface area contributed by atoms with Crippen molar-refractivity contribution in [1.82, 2.24) is 0 Å². The average molecular weight is 378 g/mol. The van der Waals surface area contributed by atoms with Gasteiger partial charge in [0, 0.05) is 18.7 Å². The summed E-state index contributed by atoms with van der Waals surface area (Å²) in [6, 6.07) is 9.16. The van der Waals surface area contributed by atoms with E-state index in [2.05, 4.69) is 10.6 Å². The number of anilines is 2. The van der Waals surface area contributed by atoms with Crippen molar-refractivity contribution in [1.29, 1.82) is 0 Å². The van der Waals surface area contributed by atoms with Crippen molar-refractivity contribution in [3.8, 4) is 5.75 Å². The van der Waals surface area contributed by atoms with E-state index in [0.717, 1.165) is 12.1 Å². The molecule has 5 nitrogen and oxygen atoms in total. The molecule has 2 aromatic rings. The van der Waals surface area contributed by atoms with Gasteiger partial charge in [-0.3, -0.25) is 9.59 Å². The summed E-state index contributed by atoms with van der Waals surface area (Å²) in [5.41, 5.74) is 0.497. The first-order valence-corrected chi connectivity index (χ1v) is 7.81. The molecule has 0 aromatic heterocycles. The number of ether oxygens (including phenoxy) is 1. The maximum absolute atomic E-state index is 12.5. The van der Waals surface area contributed by atoms with E-state index in [-0.39, 0.29) is 5.91 Å². The Morgan fingerprint density at radius 2 is 1.70 bits per heavy atom. The minimum absolute atomic E-state index is 0.264. The number of nitrogens with one attached hydrogen (secondary N) is 2. The van der Waals surface area contributed by atoms with E-state index in [0.29, 0.717) is 22.7 Å². The first kappa shape index (κ1) is 20.0. The van der Waals surface area contributed by atoms with Crippen molar-refractivity contribution in [2.45, 2.75) is 13.1 Å². The largest absolute Gasteiger partial charge is 0.495 e. The zero-order valence-corrected chi connectivity index (χ0v) is 14.6. The molecule has 0 saturated carbocycles. The quantitative estimate of drug-likeness (QED) is 0.762. The van der Waals surface area contributed by atoms with E-state index >= 15 is 0 Å². The van der Waals surface area contributed by atoms with Crippen molar-refractivity contribution in [3.05, 3.63) is 59.7 Å². The van der Waals surface area contributed by atoms with Crippen LogP contribution in [-0.4, -0.2) is 18.9 Å². The van der Waals surface area contributed by atoms with Gasteiger partial charge < -0.3 is 15.4 Å². The monoisotopic (exact) mass is 378 g/mol. The molecule has 0 unspecified atom stereocenters. The van der Waals surface area contributed by atoms with E-state index in [9.17, 15) is 22.8 Å². The molecular weight excluding hydrogens is 361 g/mol. The third kappa shape index (κ3) is 5.88. The summed E-state index contributed by atoms with van der Waals surface area (Å²) < 4.78 is 42.8. The minimum Gasteiger partial charge on any atom is -0.495 e. The van der Waals surface area contributed by atoms with E-state index in [4.69, 9.17) is 4.74 Å². The number of carbonyl (C=O) groups is 2. The Hall–Kier alpha value is -3.29. The molecule has 0 spiro atoms. The molecule has 0 bridgehead atoms. The van der Waals surface area contributed by atoms with Crippen LogP contribution in [0.1, 0.15) is 18.1 Å². The van der Waals surface area contributed by atoms with Gasteiger partial charge in [-0.2, -0.15) is 13.2 Å². The lowest BCUT2D eigenvalue weighted by Crippen LogP contribution is -2.11. The number of benzene rings is 2. The highest BCUT2D eigenvalue weighted by Gasteiger charge is 2.29. The summed E-state index contributed by atoms with van der Waals surface area (Å²) in [5, 5.41) is 5.19. The number of alkyl halides is 3. The van der Waals surface area contributed by atoms with Crippen LogP contribution in [0.25, 0.3) is 6.08 Å². The first-order chi connectivity index (χ1) is 12.7. The second kappa shape index (κ2) is 8.39. The van der Waals surface area contributed by atoms with Crippen molar-refractivity contribution >= 4 is 29.3 Å². The average Bonchev–Trinajstić information content (AvgIpc) is 2.59. The summed E-state index contributed by atoms with van der Waals surface area (Å²) >= 11 is 0. The second-order valence-electron chi connectivity index (χ2n) is 5.54. The van der Waals surface area contributed by atoms with Gasteiger partial charge in [0.1, 0.15) is 5.75 Å². The predicted molar refractivity (Wildman–Crippen MR) is 96.4 cm³/mol. The van der Waals surface area contributed by atoms with Gasteiger partial charge in [-0.25, -0.2) is 0 Å². The Morgan fingerprint density at radius 1 is 1.04 bits per heavy atom. The maximum atomic E-state index is 12.5. The van der Waals surface area contributed by atoms with Gasteiger partial charge in [-0.15, -0.1) is 0 Å². The summed E-state index contributed by atoms with van der Waals surface area (Å²) in [5.74, 6) is -0.381. The Bertz CT molecular complexity index is 859. The highest BCUT2D eigenvalue weighted by Crippen LogP contribution is 2.29. The van der Waals surface area contributed by atoms with Crippen LogP contribution in [0.2, 0.25) is 0 Å². The van der Waals surface area contributed by atoms with E-state index < -0.39 is 17.6 Å². The van der Waals surface area contributed by atoms with Gasteiger partial charge in [0.05, 0.1) is 18.4 Å². The molecule has 0 aliphatic heterocycles. The third-order valence-corrected chi connectivity index (χ3v) is 3.44. The summed E-state index contributed by atoms with van der Waals surface area (Å²) in [7, 11) is 1.43. The molecule has 0 atom stereocenters. The maximum Gasteiger partial charge on any atom is 0.416 e. The fourth-order valence-electron chi connectivity index (χ4n) is 2.22. The number of hydrogen-bond acceptors (Lipinski definition) is 3. The Labute approximate surface area is 153 Å². The topological polar surface area (TPSA) is 67.4 Å². The number of methoxy groups -OCH3 is 1. The van der Waals surface area contributed by atoms with Gasteiger partial charge in [0.25, 0.3) is 0 Å². The molecule has 0 radical (unpaired) electrons. The van der Waals surface area contributed by atoms with Crippen LogP contribution in [0.15, 0.2) is 48.5 Å². The lowest BCUT2D eigenvalue weighted by Gasteiger charge is -2.11. The van der Waals surface area contributed by atoms with Crippen LogP contribution in [-0.2, 0) is 15.8 Å². The highest BCUT2D eigenvalue weighted by atomic mass is 19.4. The molecule has 2 N–H and O–H groups in total. The molecule has 0 aliphatic rings. The Kier molecular flexibility index (Phi) is 6.23. The lowest BCUT2D eigenvalue weighted by molar-refractivity contribution is -0.137. The number of carbonyl (C=O) groups excluding carboxylic acids is 2. The molecule has 2 amide bonds. The molecule has 8 heteroatoms. The number of rotatable bonds is 5.